The fourth-order valence-corrected chi connectivity index (χ4v) is 1.15. The monoisotopic (exact) mass is 239 g/mol. The molecule has 0 fully saturated rings. The standard InChI is InChI=1S/C11H13NO3S/c1-9(15-7-8-16-14)11(13)12-10-5-3-2-4-6-10/h2-6,14H,1,7-8H2,(H,12,13). The summed E-state index contributed by atoms with van der Waals surface area (Å²) in [5.74, 6) is 0.0597. The Morgan fingerprint density at radius 1 is 1.44 bits per heavy atom. The number of benzene rings is 1. The van der Waals surface area contributed by atoms with Gasteiger partial charge in [0, 0.05) is 5.69 Å². The molecule has 0 atom stereocenters. The summed E-state index contributed by atoms with van der Waals surface area (Å²) in [6, 6.07) is 9.05. The topological polar surface area (TPSA) is 58.6 Å². The van der Waals surface area contributed by atoms with Crippen LogP contribution in [0.5, 0.6) is 0 Å². The lowest BCUT2D eigenvalue weighted by atomic mass is 10.3. The highest BCUT2D eigenvalue weighted by molar-refractivity contribution is 7.93. The first-order valence-electron chi connectivity index (χ1n) is 4.68. The van der Waals surface area contributed by atoms with Gasteiger partial charge in [-0.1, -0.05) is 24.8 Å². The Balaban J connectivity index is 2.38. The van der Waals surface area contributed by atoms with E-state index in [1.165, 1.54) is 0 Å². The van der Waals surface area contributed by atoms with Crippen LogP contribution in [0.15, 0.2) is 42.7 Å². The summed E-state index contributed by atoms with van der Waals surface area (Å²) in [5, 5.41) is 2.64. The number of hydrogen-bond acceptors (Lipinski definition) is 4. The summed E-state index contributed by atoms with van der Waals surface area (Å²) in [5.41, 5.74) is 0.689. The largest absolute Gasteiger partial charge is 0.487 e. The van der Waals surface area contributed by atoms with Gasteiger partial charge in [-0.3, -0.25) is 4.79 Å². The van der Waals surface area contributed by atoms with Crippen LogP contribution in [-0.2, 0) is 9.53 Å². The molecule has 4 nitrogen and oxygen atoms in total. The molecule has 1 amide bonds. The molecule has 1 rings (SSSR count). The minimum Gasteiger partial charge on any atom is -0.487 e. The second-order valence-electron chi connectivity index (χ2n) is 2.93. The second kappa shape index (κ2) is 6.92. The highest BCUT2D eigenvalue weighted by Crippen LogP contribution is 2.07. The average Bonchev–Trinajstić information content (AvgIpc) is 2.30. The predicted octanol–water partition coefficient (Wildman–Crippen LogP) is 2.36. The highest BCUT2D eigenvalue weighted by Gasteiger charge is 2.07. The first kappa shape index (κ1) is 12.6. The average molecular weight is 239 g/mol. The molecule has 0 aromatic heterocycles. The van der Waals surface area contributed by atoms with E-state index in [2.05, 4.69) is 11.9 Å². The van der Waals surface area contributed by atoms with Crippen LogP contribution in [0, 0.1) is 0 Å². The smallest absolute Gasteiger partial charge is 0.290 e. The first-order chi connectivity index (χ1) is 7.74. The quantitative estimate of drug-likeness (QED) is 0.346. The van der Waals surface area contributed by atoms with Crippen LogP contribution in [0.3, 0.4) is 0 Å². The summed E-state index contributed by atoms with van der Waals surface area (Å²) in [6.45, 7) is 3.75. The number of nitrogens with one attached hydrogen (secondary N) is 1. The van der Waals surface area contributed by atoms with Gasteiger partial charge in [-0.05, 0) is 24.2 Å². The maximum atomic E-state index is 11.5. The molecule has 0 bridgehead atoms. The van der Waals surface area contributed by atoms with Crippen LogP contribution in [0.2, 0.25) is 0 Å². The Morgan fingerprint density at radius 3 is 2.75 bits per heavy atom. The van der Waals surface area contributed by atoms with E-state index < -0.39 is 0 Å². The SMILES string of the molecule is C=C(OCCSO)C(=O)Nc1ccccc1. The summed E-state index contributed by atoms with van der Waals surface area (Å²) < 4.78 is 13.5. The van der Waals surface area contributed by atoms with Gasteiger partial charge in [0.1, 0.15) is 0 Å². The zero-order valence-electron chi connectivity index (χ0n) is 8.68. The molecule has 0 saturated heterocycles. The zero-order chi connectivity index (χ0) is 11.8. The van der Waals surface area contributed by atoms with Crippen LogP contribution < -0.4 is 5.32 Å². The zero-order valence-corrected chi connectivity index (χ0v) is 9.50. The molecule has 16 heavy (non-hydrogen) atoms. The van der Waals surface area contributed by atoms with Gasteiger partial charge in [0.05, 0.1) is 12.4 Å². The van der Waals surface area contributed by atoms with E-state index in [1.807, 2.05) is 18.2 Å². The summed E-state index contributed by atoms with van der Waals surface area (Å²) >= 11 is 0.661. The molecule has 0 aliphatic rings. The fraction of sp³-hybridized carbons (Fsp3) is 0.182. The maximum absolute atomic E-state index is 11.5. The Hall–Kier alpha value is -1.46. The van der Waals surface area contributed by atoms with Crippen LogP contribution in [0.1, 0.15) is 0 Å². The van der Waals surface area contributed by atoms with E-state index in [0.717, 1.165) is 0 Å². The van der Waals surface area contributed by atoms with Crippen molar-refractivity contribution in [3.8, 4) is 0 Å². The third kappa shape index (κ3) is 4.37. The van der Waals surface area contributed by atoms with Crippen molar-refractivity contribution in [3.63, 3.8) is 0 Å². The summed E-state index contributed by atoms with van der Waals surface area (Å²) in [6.07, 6.45) is 0. The summed E-state index contributed by atoms with van der Waals surface area (Å²) in [4.78, 5) is 11.5. The lowest BCUT2D eigenvalue weighted by Gasteiger charge is -2.08. The number of anilines is 1. The molecule has 0 heterocycles. The molecular weight excluding hydrogens is 226 g/mol. The van der Waals surface area contributed by atoms with Crippen molar-refractivity contribution in [1.82, 2.24) is 0 Å². The molecule has 0 aliphatic heterocycles. The second-order valence-corrected chi connectivity index (χ2v) is 3.59. The van der Waals surface area contributed by atoms with Gasteiger partial charge < -0.3 is 14.6 Å². The number of carbonyl (C=O) groups is 1. The Morgan fingerprint density at radius 2 is 2.12 bits per heavy atom. The van der Waals surface area contributed by atoms with Gasteiger partial charge in [-0.25, -0.2) is 0 Å². The van der Waals surface area contributed by atoms with E-state index in [4.69, 9.17) is 9.29 Å². The van der Waals surface area contributed by atoms with Crippen LogP contribution in [-0.4, -0.2) is 22.8 Å². The van der Waals surface area contributed by atoms with Gasteiger partial charge in [-0.15, -0.1) is 0 Å². The number of carbonyl (C=O) groups excluding carboxylic acids is 1. The molecule has 0 saturated carbocycles. The normalized spacial score (nSPS) is 9.56. The number of rotatable bonds is 6. The third-order valence-corrected chi connectivity index (χ3v) is 2.09. The van der Waals surface area contributed by atoms with E-state index in [9.17, 15) is 4.79 Å². The Kier molecular flexibility index (Phi) is 5.45. The molecule has 1 aromatic rings. The molecule has 86 valence electrons. The maximum Gasteiger partial charge on any atom is 0.290 e. The predicted molar refractivity (Wildman–Crippen MR) is 65.3 cm³/mol. The lowest BCUT2D eigenvalue weighted by Crippen LogP contribution is -2.16. The molecule has 1 aromatic carbocycles. The molecular formula is C11H13NO3S. The van der Waals surface area contributed by atoms with E-state index in [0.29, 0.717) is 23.5 Å². The van der Waals surface area contributed by atoms with Gasteiger partial charge in [0.2, 0.25) is 0 Å². The minimum absolute atomic E-state index is 0.0397. The van der Waals surface area contributed by atoms with Gasteiger partial charge in [0.15, 0.2) is 5.76 Å². The van der Waals surface area contributed by atoms with E-state index >= 15 is 0 Å². The number of ether oxygens (including phenoxy) is 1. The molecule has 2 N–H and O–H groups in total. The van der Waals surface area contributed by atoms with Crippen molar-refractivity contribution < 1.29 is 14.1 Å². The van der Waals surface area contributed by atoms with Crippen molar-refractivity contribution in [2.75, 3.05) is 17.7 Å². The van der Waals surface area contributed by atoms with E-state index in [1.54, 1.807) is 12.1 Å². The number of amides is 1. The van der Waals surface area contributed by atoms with Gasteiger partial charge >= 0.3 is 0 Å². The fourth-order valence-electron chi connectivity index (χ4n) is 0.990. The van der Waals surface area contributed by atoms with Crippen LogP contribution in [0.4, 0.5) is 5.69 Å². The number of hydrogen-bond donors (Lipinski definition) is 2. The van der Waals surface area contributed by atoms with Gasteiger partial charge in [-0.2, -0.15) is 0 Å². The third-order valence-electron chi connectivity index (χ3n) is 1.74. The molecule has 0 unspecified atom stereocenters. The Labute approximate surface area is 98.5 Å². The van der Waals surface area contributed by atoms with Crippen molar-refractivity contribution in [2.24, 2.45) is 0 Å². The van der Waals surface area contributed by atoms with Crippen molar-refractivity contribution in [1.29, 1.82) is 0 Å². The van der Waals surface area contributed by atoms with Crippen molar-refractivity contribution >= 4 is 23.6 Å². The Bertz CT molecular complexity index is 354. The number of para-hydroxylation sites is 1. The van der Waals surface area contributed by atoms with Crippen LogP contribution >= 0.6 is 12.0 Å². The summed E-state index contributed by atoms with van der Waals surface area (Å²) in [7, 11) is 0. The molecule has 0 aliphatic carbocycles. The highest BCUT2D eigenvalue weighted by atomic mass is 32.2. The van der Waals surface area contributed by atoms with E-state index in [-0.39, 0.29) is 18.3 Å². The first-order valence-corrected chi connectivity index (χ1v) is 5.62. The molecule has 0 spiro atoms. The lowest BCUT2D eigenvalue weighted by molar-refractivity contribution is -0.115. The minimum atomic E-state index is -0.380. The van der Waals surface area contributed by atoms with Crippen LogP contribution in [0.25, 0.3) is 0 Å². The van der Waals surface area contributed by atoms with Crippen molar-refractivity contribution in [3.05, 3.63) is 42.7 Å². The van der Waals surface area contributed by atoms with Crippen molar-refractivity contribution in [2.45, 2.75) is 0 Å². The molecule has 0 radical (unpaired) electrons. The molecule has 5 heteroatoms. The van der Waals surface area contributed by atoms with Gasteiger partial charge in [0.25, 0.3) is 5.91 Å².